The summed E-state index contributed by atoms with van der Waals surface area (Å²) < 4.78 is 7.55. The van der Waals surface area contributed by atoms with Crippen LogP contribution < -0.4 is 11.2 Å². The molecule has 8 heteroatoms. The van der Waals surface area contributed by atoms with Crippen LogP contribution in [0.1, 0.15) is 10.5 Å². The average Bonchev–Trinajstić information content (AvgIpc) is 3.05. The van der Waals surface area contributed by atoms with E-state index in [1.165, 1.54) is 24.7 Å². The van der Waals surface area contributed by atoms with Crippen LogP contribution in [-0.4, -0.2) is 58.0 Å². The first kappa shape index (κ1) is 15.0. The number of aliphatic hydroxyl groups excluding tert-OH is 1. The van der Waals surface area contributed by atoms with Crippen LogP contribution in [0.15, 0.2) is 15.7 Å². The van der Waals surface area contributed by atoms with E-state index < -0.39 is 16.7 Å². The fourth-order valence-corrected chi connectivity index (χ4v) is 3.31. The number of hydrogen-bond acceptors (Lipinski definition) is 5. The Morgan fingerprint density at radius 1 is 1.41 bits per heavy atom. The van der Waals surface area contributed by atoms with Crippen LogP contribution in [-0.2, 0) is 18.8 Å². The molecule has 3 heterocycles. The molecule has 2 aliphatic rings. The van der Waals surface area contributed by atoms with E-state index >= 15 is 0 Å². The Bertz CT molecular complexity index is 737. The molecule has 0 unspecified atom stereocenters. The summed E-state index contributed by atoms with van der Waals surface area (Å²) in [6.45, 7) is 1.73. The van der Waals surface area contributed by atoms with Gasteiger partial charge in [0.15, 0.2) is 0 Å². The molecule has 0 saturated carbocycles. The number of nitrogens with zero attached hydrogens (tertiary/aromatic N) is 3. The molecule has 1 aromatic rings. The SMILES string of the molecule is Cn1c(C(=O)N2C[C@H]3COC[C@@]3(CO)C2)cc(=O)n(C)c1=O. The Morgan fingerprint density at radius 2 is 2.14 bits per heavy atom. The molecule has 0 aliphatic carbocycles. The number of carbonyl (C=O) groups is 1. The van der Waals surface area contributed by atoms with Crippen LogP contribution >= 0.6 is 0 Å². The highest BCUT2D eigenvalue weighted by atomic mass is 16.5. The lowest BCUT2D eigenvalue weighted by Gasteiger charge is -2.24. The van der Waals surface area contributed by atoms with Crippen molar-refractivity contribution in [2.24, 2.45) is 25.4 Å². The van der Waals surface area contributed by atoms with Crippen LogP contribution in [0.5, 0.6) is 0 Å². The first-order valence-corrected chi connectivity index (χ1v) is 7.14. The van der Waals surface area contributed by atoms with Gasteiger partial charge in [-0.2, -0.15) is 0 Å². The molecule has 120 valence electrons. The summed E-state index contributed by atoms with van der Waals surface area (Å²) in [5.74, 6) is -0.274. The number of carbonyl (C=O) groups excluding carboxylic acids is 1. The molecule has 0 bridgehead atoms. The van der Waals surface area contributed by atoms with Crippen molar-refractivity contribution < 1.29 is 14.6 Å². The number of rotatable bonds is 2. The molecule has 3 rings (SSSR count). The van der Waals surface area contributed by atoms with Gasteiger partial charge in [-0.3, -0.25) is 18.7 Å². The average molecular weight is 309 g/mol. The van der Waals surface area contributed by atoms with E-state index in [0.717, 1.165) is 4.57 Å². The van der Waals surface area contributed by atoms with Crippen molar-refractivity contribution in [2.75, 3.05) is 32.9 Å². The molecular weight excluding hydrogens is 290 g/mol. The summed E-state index contributed by atoms with van der Waals surface area (Å²) in [7, 11) is 2.84. The molecule has 0 radical (unpaired) electrons. The van der Waals surface area contributed by atoms with E-state index in [4.69, 9.17) is 4.74 Å². The molecule has 0 spiro atoms. The van der Waals surface area contributed by atoms with Crippen LogP contribution in [0.2, 0.25) is 0 Å². The van der Waals surface area contributed by atoms with Gasteiger partial charge >= 0.3 is 5.69 Å². The summed E-state index contributed by atoms with van der Waals surface area (Å²) in [4.78, 5) is 38.0. The fraction of sp³-hybridized carbons (Fsp3) is 0.643. The lowest BCUT2D eigenvalue weighted by molar-refractivity contribution is 0.0622. The van der Waals surface area contributed by atoms with Gasteiger partial charge in [-0.1, -0.05) is 0 Å². The molecule has 2 fully saturated rings. The fourth-order valence-electron chi connectivity index (χ4n) is 3.31. The molecule has 1 N–H and O–H groups in total. The minimum atomic E-state index is -0.532. The lowest BCUT2D eigenvalue weighted by Crippen LogP contribution is -2.43. The van der Waals surface area contributed by atoms with Crippen LogP contribution in [0.3, 0.4) is 0 Å². The van der Waals surface area contributed by atoms with Gasteiger partial charge < -0.3 is 14.7 Å². The molecule has 8 nitrogen and oxygen atoms in total. The predicted octanol–water partition coefficient (Wildman–Crippen LogP) is -1.84. The maximum absolute atomic E-state index is 12.7. The highest BCUT2D eigenvalue weighted by molar-refractivity contribution is 5.92. The van der Waals surface area contributed by atoms with Gasteiger partial charge in [-0.05, 0) is 0 Å². The van der Waals surface area contributed by atoms with Gasteiger partial charge in [0.1, 0.15) is 5.69 Å². The number of ether oxygens (including phenoxy) is 1. The Hall–Kier alpha value is -1.93. The van der Waals surface area contributed by atoms with Crippen molar-refractivity contribution in [1.82, 2.24) is 14.0 Å². The zero-order chi connectivity index (χ0) is 16.1. The van der Waals surface area contributed by atoms with Crippen molar-refractivity contribution in [2.45, 2.75) is 0 Å². The van der Waals surface area contributed by atoms with Crippen molar-refractivity contribution in [3.8, 4) is 0 Å². The van der Waals surface area contributed by atoms with Crippen LogP contribution in [0.4, 0.5) is 0 Å². The monoisotopic (exact) mass is 309 g/mol. The normalized spacial score (nSPS) is 27.2. The standard InChI is InChI=1S/C14H19N3O5/c1-15-10(3-11(19)16(2)13(15)21)12(20)17-4-9-5-22-8-14(9,6-17)7-18/h3,9,18H,4-8H2,1-2H3/t9-,14-/m0/s1. The lowest BCUT2D eigenvalue weighted by atomic mass is 9.82. The van der Waals surface area contributed by atoms with E-state index in [9.17, 15) is 19.5 Å². The second kappa shape index (κ2) is 5.06. The number of aromatic nitrogens is 2. The van der Waals surface area contributed by atoms with Crippen molar-refractivity contribution in [3.05, 3.63) is 32.6 Å². The molecule has 1 amide bonds. The third kappa shape index (κ3) is 2.02. The van der Waals surface area contributed by atoms with Crippen molar-refractivity contribution in [1.29, 1.82) is 0 Å². The zero-order valence-corrected chi connectivity index (χ0v) is 12.6. The molecule has 22 heavy (non-hydrogen) atoms. The highest BCUT2D eigenvalue weighted by Crippen LogP contribution is 2.41. The van der Waals surface area contributed by atoms with E-state index in [0.29, 0.717) is 26.3 Å². The first-order chi connectivity index (χ1) is 10.4. The minimum absolute atomic E-state index is 0.0447. The number of aliphatic hydroxyl groups is 1. The third-order valence-corrected chi connectivity index (χ3v) is 4.87. The second-order valence-corrected chi connectivity index (χ2v) is 6.19. The predicted molar refractivity (Wildman–Crippen MR) is 76.7 cm³/mol. The molecule has 2 saturated heterocycles. The van der Waals surface area contributed by atoms with Crippen LogP contribution in [0.25, 0.3) is 0 Å². The van der Waals surface area contributed by atoms with Gasteiger partial charge in [0.05, 0.1) is 19.8 Å². The topological polar surface area (TPSA) is 93.8 Å². The summed E-state index contributed by atoms with van der Waals surface area (Å²) in [6.07, 6.45) is 0. The Kier molecular flexibility index (Phi) is 3.45. The van der Waals surface area contributed by atoms with Gasteiger partial charge in [-0.15, -0.1) is 0 Å². The zero-order valence-electron chi connectivity index (χ0n) is 12.6. The van der Waals surface area contributed by atoms with E-state index in [-0.39, 0.29) is 24.1 Å². The molecular formula is C14H19N3O5. The maximum atomic E-state index is 12.7. The quantitative estimate of drug-likeness (QED) is 0.693. The number of fused-ring (bicyclic) bond motifs is 1. The molecule has 0 aromatic carbocycles. The van der Waals surface area contributed by atoms with E-state index in [1.807, 2.05) is 0 Å². The molecule has 1 aromatic heterocycles. The third-order valence-electron chi connectivity index (χ3n) is 4.87. The van der Waals surface area contributed by atoms with Crippen LogP contribution in [0, 0.1) is 11.3 Å². The van der Waals surface area contributed by atoms with Crippen molar-refractivity contribution >= 4 is 5.91 Å². The van der Waals surface area contributed by atoms with Gasteiger partial charge in [-0.25, -0.2) is 4.79 Å². The first-order valence-electron chi connectivity index (χ1n) is 7.14. The Labute approximate surface area is 126 Å². The van der Waals surface area contributed by atoms with E-state index in [2.05, 4.69) is 0 Å². The second-order valence-electron chi connectivity index (χ2n) is 6.19. The Balaban J connectivity index is 1.94. The summed E-state index contributed by atoms with van der Waals surface area (Å²) in [5, 5.41) is 9.65. The van der Waals surface area contributed by atoms with Gasteiger partial charge in [0.2, 0.25) is 0 Å². The number of likely N-dealkylation sites (tertiary alicyclic amines) is 1. The number of hydrogen-bond donors (Lipinski definition) is 1. The minimum Gasteiger partial charge on any atom is -0.396 e. The van der Waals surface area contributed by atoms with Gasteiger partial charge in [0, 0.05) is 44.6 Å². The van der Waals surface area contributed by atoms with Gasteiger partial charge in [0.25, 0.3) is 11.5 Å². The summed E-state index contributed by atoms with van der Waals surface area (Å²) in [5.41, 5.74) is -1.39. The van der Waals surface area contributed by atoms with E-state index in [1.54, 1.807) is 4.90 Å². The maximum Gasteiger partial charge on any atom is 0.331 e. The smallest absolute Gasteiger partial charge is 0.331 e. The summed E-state index contributed by atoms with van der Waals surface area (Å²) >= 11 is 0. The highest BCUT2D eigenvalue weighted by Gasteiger charge is 2.51. The molecule has 2 atom stereocenters. The number of amides is 1. The van der Waals surface area contributed by atoms with Crippen molar-refractivity contribution in [3.63, 3.8) is 0 Å². The molecule has 2 aliphatic heterocycles. The summed E-state index contributed by atoms with van der Waals surface area (Å²) in [6, 6.07) is 1.18. The Morgan fingerprint density at radius 3 is 2.77 bits per heavy atom. The largest absolute Gasteiger partial charge is 0.396 e.